The minimum atomic E-state index is -0.732. The lowest BCUT2D eigenvalue weighted by Crippen LogP contribution is -2.39. The first-order valence-corrected chi connectivity index (χ1v) is 7.51. The van der Waals surface area contributed by atoms with E-state index in [-0.39, 0.29) is 31.3 Å². The summed E-state index contributed by atoms with van der Waals surface area (Å²) >= 11 is 0. The van der Waals surface area contributed by atoms with E-state index < -0.39 is 18.5 Å². The van der Waals surface area contributed by atoms with E-state index in [2.05, 4.69) is 16.0 Å². The highest BCUT2D eigenvalue weighted by Gasteiger charge is 2.10. The zero-order valence-corrected chi connectivity index (χ0v) is 13.5. The topological polar surface area (TPSA) is 114 Å². The number of likely N-dealkylation sites (N-methyl/N-ethyl adjacent to an activating group) is 1. The number of carbonyl (C=O) groups is 4. The number of esters is 1. The average Bonchev–Trinajstić information content (AvgIpc) is 2.57. The molecule has 24 heavy (non-hydrogen) atoms. The summed E-state index contributed by atoms with van der Waals surface area (Å²) in [5.74, 6) is -1.97. The van der Waals surface area contributed by atoms with Crippen LogP contribution in [0.4, 0.5) is 0 Å². The molecule has 0 aromatic heterocycles. The highest BCUT2D eigenvalue weighted by Crippen LogP contribution is 1.98. The number of ether oxygens (including phenoxy) is 1. The molecule has 130 valence electrons. The summed E-state index contributed by atoms with van der Waals surface area (Å²) in [5, 5.41) is 7.23. The first-order valence-electron chi connectivity index (χ1n) is 7.51. The molecule has 0 radical (unpaired) electrons. The SMILES string of the molecule is CCNC(=O)CNC(=O)COC(=O)CNC(=O)Cc1ccccc1. The molecule has 0 heterocycles. The van der Waals surface area contributed by atoms with Crippen LogP contribution in [-0.2, 0) is 30.3 Å². The van der Waals surface area contributed by atoms with E-state index in [1.807, 2.05) is 18.2 Å². The average molecular weight is 335 g/mol. The number of nitrogens with one attached hydrogen (secondary N) is 3. The fraction of sp³-hybridized carbons (Fsp3) is 0.375. The van der Waals surface area contributed by atoms with Crippen LogP contribution < -0.4 is 16.0 Å². The van der Waals surface area contributed by atoms with Gasteiger partial charge in [-0.2, -0.15) is 0 Å². The molecule has 0 spiro atoms. The van der Waals surface area contributed by atoms with Crippen LogP contribution in [0.3, 0.4) is 0 Å². The lowest BCUT2D eigenvalue weighted by molar-refractivity contribution is -0.148. The first kappa shape index (κ1) is 19.1. The lowest BCUT2D eigenvalue weighted by Gasteiger charge is -2.07. The van der Waals surface area contributed by atoms with Crippen LogP contribution >= 0.6 is 0 Å². The van der Waals surface area contributed by atoms with E-state index >= 15 is 0 Å². The Labute approximate surface area is 139 Å². The van der Waals surface area contributed by atoms with Crippen molar-refractivity contribution in [2.75, 3.05) is 26.2 Å². The van der Waals surface area contributed by atoms with Crippen LogP contribution in [0.25, 0.3) is 0 Å². The zero-order chi connectivity index (χ0) is 17.8. The van der Waals surface area contributed by atoms with Gasteiger partial charge in [-0.15, -0.1) is 0 Å². The Balaban J connectivity index is 2.16. The molecule has 0 saturated heterocycles. The van der Waals surface area contributed by atoms with Crippen LogP contribution in [0.1, 0.15) is 12.5 Å². The van der Waals surface area contributed by atoms with E-state index in [4.69, 9.17) is 4.74 Å². The molecular formula is C16H21N3O5. The molecule has 1 aromatic carbocycles. The van der Waals surface area contributed by atoms with Crippen molar-refractivity contribution in [2.24, 2.45) is 0 Å². The highest BCUT2D eigenvalue weighted by molar-refractivity contribution is 5.87. The molecule has 8 heteroatoms. The van der Waals surface area contributed by atoms with Crippen molar-refractivity contribution in [3.8, 4) is 0 Å². The smallest absolute Gasteiger partial charge is 0.325 e. The third-order valence-electron chi connectivity index (χ3n) is 2.82. The number of amides is 3. The van der Waals surface area contributed by atoms with Crippen molar-refractivity contribution in [1.82, 2.24) is 16.0 Å². The number of benzene rings is 1. The Morgan fingerprint density at radius 2 is 1.54 bits per heavy atom. The molecule has 1 rings (SSSR count). The summed E-state index contributed by atoms with van der Waals surface area (Å²) in [6, 6.07) is 9.08. The number of rotatable bonds is 9. The van der Waals surface area contributed by atoms with E-state index in [0.717, 1.165) is 5.56 Å². The van der Waals surface area contributed by atoms with Crippen molar-refractivity contribution in [1.29, 1.82) is 0 Å². The van der Waals surface area contributed by atoms with Gasteiger partial charge in [-0.3, -0.25) is 19.2 Å². The maximum absolute atomic E-state index is 11.7. The Morgan fingerprint density at radius 3 is 2.21 bits per heavy atom. The van der Waals surface area contributed by atoms with Gasteiger partial charge in [-0.25, -0.2) is 0 Å². The summed E-state index contributed by atoms with van der Waals surface area (Å²) in [6.45, 7) is 1.21. The number of hydrogen-bond donors (Lipinski definition) is 3. The van der Waals surface area contributed by atoms with Gasteiger partial charge in [0.1, 0.15) is 6.54 Å². The maximum Gasteiger partial charge on any atom is 0.325 e. The van der Waals surface area contributed by atoms with Gasteiger partial charge in [0, 0.05) is 6.54 Å². The quantitative estimate of drug-likeness (QED) is 0.508. The molecule has 0 aliphatic rings. The Kier molecular flexibility index (Phi) is 8.59. The Bertz CT molecular complexity index is 574. The van der Waals surface area contributed by atoms with Crippen molar-refractivity contribution in [2.45, 2.75) is 13.3 Å². The molecule has 0 aliphatic heterocycles. The van der Waals surface area contributed by atoms with Crippen molar-refractivity contribution >= 4 is 23.7 Å². The fourth-order valence-corrected chi connectivity index (χ4v) is 1.70. The van der Waals surface area contributed by atoms with Crippen LogP contribution in [0.15, 0.2) is 30.3 Å². The van der Waals surface area contributed by atoms with Gasteiger partial charge in [-0.1, -0.05) is 30.3 Å². The Morgan fingerprint density at radius 1 is 0.875 bits per heavy atom. The second-order valence-corrected chi connectivity index (χ2v) is 4.83. The summed E-state index contributed by atoms with van der Waals surface area (Å²) in [6.07, 6.45) is 0.154. The summed E-state index contributed by atoms with van der Waals surface area (Å²) in [5.41, 5.74) is 0.827. The molecule has 0 bridgehead atoms. The molecule has 1 aromatic rings. The number of carbonyl (C=O) groups excluding carboxylic acids is 4. The second kappa shape index (κ2) is 10.8. The van der Waals surface area contributed by atoms with Gasteiger partial charge >= 0.3 is 5.97 Å². The predicted molar refractivity (Wildman–Crippen MR) is 85.8 cm³/mol. The van der Waals surface area contributed by atoms with Gasteiger partial charge in [0.25, 0.3) is 5.91 Å². The van der Waals surface area contributed by atoms with Crippen LogP contribution in [0, 0.1) is 0 Å². The number of hydrogen-bond acceptors (Lipinski definition) is 5. The highest BCUT2D eigenvalue weighted by atomic mass is 16.5. The Hall–Kier alpha value is -2.90. The normalized spacial score (nSPS) is 9.71. The minimum absolute atomic E-state index is 0.154. The lowest BCUT2D eigenvalue weighted by atomic mass is 10.1. The molecule has 0 atom stereocenters. The van der Waals surface area contributed by atoms with Gasteiger partial charge in [0.2, 0.25) is 11.8 Å². The van der Waals surface area contributed by atoms with Gasteiger partial charge < -0.3 is 20.7 Å². The van der Waals surface area contributed by atoms with Gasteiger partial charge in [0.15, 0.2) is 6.61 Å². The van der Waals surface area contributed by atoms with Gasteiger partial charge in [0.05, 0.1) is 13.0 Å². The van der Waals surface area contributed by atoms with Crippen LogP contribution in [-0.4, -0.2) is 49.9 Å². The van der Waals surface area contributed by atoms with E-state index in [0.29, 0.717) is 6.54 Å². The largest absolute Gasteiger partial charge is 0.454 e. The summed E-state index contributed by atoms with van der Waals surface area (Å²) in [4.78, 5) is 45.6. The van der Waals surface area contributed by atoms with Crippen molar-refractivity contribution < 1.29 is 23.9 Å². The predicted octanol–water partition coefficient (Wildman–Crippen LogP) is -0.859. The van der Waals surface area contributed by atoms with Crippen LogP contribution in [0.2, 0.25) is 0 Å². The third-order valence-corrected chi connectivity index (χ3v) is 2.82. The van der Waals surface area contributed by atoms with Crippen molar-refractivity contribution in [3.05, 3.63) is 35.9 Å². The van der Waals surface area contributed by atoms with Gasteiger partial charge in [-0.05, 0) is 12.5 Å². The summed E-state index contributed by atoms with van der Waals surface area (Å²) < 4.78 is 4.70. The molecular weight excluding hydrogens is 314 g/mol. The van der Waals surface area contributed by atoms with E-state index in [1.54, 1.807) is 19.1 Å². The molecule has 3 N–H and O–H groups in total. The third kappa shape index (κ3) is 8.52. The first-order chi connectivity index (χ1) is 11.5. The molecule has 0 unspecified atom stereocenters. The van der Waals surface area contributed by atoms with E-state index in [9.17, 15) is 19.2 Å². The van der Waals surface area contributed by atoms with Crippen LogP contribution in [0.5, 0.6) is 0 Å². The molecule has 3 amide bonds. The standard InChI is InChI=1S/C16H21N3O5/c1-2-17-14(21)9-18-15(22)11-24-16(23)10-19-13(20)8-12-6-4-3-5-7-12/h3-7H,2,8-11H2,1H3,(H,17,21)(H,18,22)(H,19,20). The maximum atomic E-state index is 11.7. The molecule has 0 aliphatic carbocycles. The summed E-state index contributed by atoms with van der Waals surface area (Å²) in [7, 11) is 0. The second-order valence-electron chi connectivity index (χ2n) is 4.83. The molecule has 8 nitrogen and oxygen atoms in total. The zero-order valence-electron chi connectivity index (χ0n) is 13.5. The minimum Gasteiger partial charge on any atom is -0.454 e. The van der Waals surface area contributed by atoms with E-state index in [1.165, 1.54) is 0 Å². The molecule has 0 saturated carbocycles. The fourth-order valence-electron chi connectivity index (χ4n) is 1.70. The van der Waals surface area contributed by atoms with Crippen molar-refractivity contribution in [3.63, 3.8) is 0 Å². The monoisotopic (exact) mass is 335 g/mol. The molecule has 0 fully saturated rings.